The molecule has 2 aliphatic rings. The number of rotatable bonds is 4. The number of nitrogens with zero attached hydrogens (tertiary/aromatic N) is 1. The molecule has 0 aromatic heterocycles. The van der Waals surface area contributed by atoms with Crippen molar-refractivity contribution in [1.29, 1.82) is 0 Å². The lowest BCUT2D eigenvalue weighted by atomic mass is 10.0. The van der Waals surface area contributed by atoms with Gasteiger partial charge in [-0.2, -0.15) is 0 Å². The van der Waals surface area contributed by atoms with E-state index in [1.54, 1.807) is 0 Å². The normalized spacial score (nSPS) is 18.0. The zero-order valence-electron chi connectivity index (χ0n) is 14.8. The van der Waals surface area contributed by atoms with Crippen LogP contribution in [0.25, 0.3) is 11.6 Å². The minimum absolute atomic E-state index is 0.0783. The highest BCUT2D eigenvalue weighted by atomic mass is 16.5. The number of ether oxygens (including phenoxy) is 2. The Balaban J connectivity index is 1.71. The van der Waals surface area contributed by atoms with E-state index < -0.39 is 0 Å². The Labute approximate surface area is 153 Å². The van der Waals surface area contributed by atoms with Crippen LogP contribution in [0.15, 0.2) is 42.5 Å². The van der Waals surface area contributed by atoms with Crippen LogP contribution in [0.3, 0.4) is 0 Å². The van der Waals surface area contributed by atoms with Gasteiger partial charge in [0.15, 0.2) is 0 Å². The number of hydrogen-bond donors (Lipinski definition) is 1. The van der Waals surface area contributed by atoms with Crippen molar-refractivity contribution in [2.45, 2.75) is 6.92 Å². The summed E-state index contributed by atoms with van der Waals surface area (Å²) in [7, 11) is 0. The third-order valence-corrected chi connectivity index (χ3v) is 4.67. The summed E-state index contributed by atoms with van der Waals surface area (Å²) in [4.78, 5) is 14.8. The Morgan fingerprint density at radius 1 is 1.19 bits per heavy atom. The maximum absolute atomic E-state index is 12.5. The average Bonchev–Trinajstić information content (AvgIpc) is 2.98. The van der Waals surface area contributed by atoms with E-state index in [9.17, 15) is 4.79 Å². The molecule has 0 radical (unpaired) electrons. The van der Waals surface area contributed by atoms with E-state index in [1.165, 1.54) is 0 Å². The Morgan fingerprint density at radius 3 is 2.81 bits per heavy atom. The Morgan fingerprint density at radius 2 is 2.00 bits per heavy atom. The highest BCUT2D eigenvalue weighted by molar-refractivity contribution is 6.35. The number of carbonyl (C=O) groups excluding carboxylic acids is 1. The molecule has 0 saturated carbocycles. The topological polar surface area (TPSA) is 50.8 Å². The van der Waals surface area contributed by atoms with Gasteiger partial charge in [-0.1, -0.05) is 18.2 Å². The molecule has 1 amide bonds. The third kappa shape index (κ3) is 3.18. The summed E-state index contributed by atoms with van der Waals surface area (Å²) < 4.78 is 11.0. The van der Waals surface area contributed by atoms with E-state index in [-0.39, 0.29) is 5.91 Å². The largest absolute Gasteiger partial charge is 0.494 e. The van der Waals surface area contributed by atoms with E-state index in [2.05, 4.69) is 22.3 Å². The number of amides is 1. The van der Waals surface area contributed by atoms with Crippen LogP contribution in [-0.4, -0.2) is 38.8 Å². The number of hydrogen-bond acceptors (Lipinski definition) is 4. The van der Waals surface area contributed by atoms with Crippen LogP contribution < -0.4 is 15.0 Å². The Hall–Kier alpha value is -2.79. The lowest BCUT2D eigenvalue weighted by molar-refractivity contribution is -0.110. The summed E-state index contributed by atoms with van der Waals surface area (Å²) >= 11 is 0. The number of nitrogens with one attached hydrogen (secondary N) is 1. The molecule has 2 heterocycles. The molecule has 4 rings (SSSR count). The molecule has 1 saturated heterocycles. The van der Waals surface area contributed by atoms with Gasteiger partial charge in [-0.05, 0) is 36.8 Å². The molecule has 134 valence electrons. The van der Waals surface area contributed by atoms with Gasteiger partial charge in [-0.3, -0.25) is 4.79 Å². The van der Waals surface area contributed by atoms with E-state index >= 15 is 0 Å². The van der Waals surface area contributed by atoms with Crippen molar-refractivity contribution in [3.63, 3.8) is 0 Å². The molecule has 0 atom stereocenters. The first-order valence-corrected chi connectivity index (χ1v) is 8.98. The summed E-state index contributed by atoms with van der Waals surface area (Å²) in [6, 6.07) is 13.9. The lowest BCUT2D eigenvalue weighted by Crippen LogP contribution is -2.36. The maximum atomic E-state index is 12.5. The zero-order valence-corrected chi connectivity index (χ0v) is 14.8. The van der Waals surface area contributed by atoms with Gasteiger partial charge in [0, 0.05) is 36.0 Å². The second-order valence-corrected chi connectivity index (χ2v) is 6.31. The molecular weight excluding hydrogens is 328 g/mol. The SMILES string of the molecule is CCOc1ccc2c(c1)NC(=O)C2=Cc1ccccc1N1CCOCC1. The fourth-order valence-electron chi connectivity index (χ4n) is 3.43. The monoisotopic (exact) mass is 350 g/mol. The van der Waals surface area contributed by atoms with E-state index in [0.29, 0.717) is 12.2 Å². The smallest absolute Gasteiger partial charge is 0.256 e. The highest BCUT2D eigenvalue weighted by Crippen LogP contribution is 2.37. The second-order valence-electron chi connectivity index (χ2n) is 6.31. The molecule has 1 N–H and O–H groups in total. The van der Waals surface area contributed by atoms with Crippen LogP contribution in [0.1, 0.15) is 18.1 Å². The van der Waals surface area contributed by atoms with Crippen molar-refractivity contribution >= 4 is 28.9 Å². The van der Waals surface area contributed by atoms with Gasteiger partial charge in [0.2, 0.25) is 0 Å². The van der Waals surface area contributed by atoms with Crippen LogP contribution in [0, 0.1) is 0 Å². The molecule has 2 aliphatic heterocycles. The molecule has 2 aromatic rings. The maximum Gasteiger partial charge on any atom is 0.256 e. The summed E-state index contributed by atoms with van der Waals surface area (Å²) in [5.74, 6) is 0.687. The molecule has 5 heteroatoms. The summed E-state index contributed by atoms with van der Waals surface area (Å²) in [5.41, 5.74) is 4.58. The minimum atomic E-state index is -0.0783. The van der Waals surface area contributed by atoms with Crippen LogP contribution in [-0.2, 0) is 9.53 Å². The Kier molecular flexibility index (Phi) is 4.63. The summed E-state index contributed by atoms with van der Waals surface area (Å²) in [6.45, 7) is 5.73. The van der Waals surface area contributed by atoms with Gasteiger partial charge in [0.05, 0.1) is 25.5 Å². The number of anilines is 2. The zero-order chi connectivity index (χ0) is 17.9. The van der Waals surface area contributed by atoms with E-state index in [1.807, 2.05) is 43.3 Å². The van der Waals surface area contributed by atoms with Crippen molar-refractivity contribution in [2.75, 3.05) is 43.1 Å². The van der Waals surface area contributed by atoms with Crippen LogP contribution in [0.2, 0.25) is 0 Å². The number of carbonyl (C=O) groups is 1. The van der Waals surface area contributed by atoms with Gasteiger partial charge < -0.3 is 19.7 Å². The molecule has 0 spiro atoms. The van der Waals surface area contributed by atoms with Crippen molar-refractivity contribution in [3.8, 4) is 5.75 Å². The van der Waals surface area contributed by atoms with E-state index in [4.69, 9.17) is 9.47 Å². The number of para-hydroxylation sites is 1. The van der Waals surface area contributed by atoms with Crippen molar-refractivity contribution in [1.82, 2.24) is 0 Å². The second kappa shape index (κ2) is 7.22. The third-order valence-electron chi connectivity index (χ3n) is 4.67. The molecule has 5 nitrogen and oxygen atoms in total. The molecule has 0 unspecified atom stereocenters. The quantitative estimate of drug-likeness (QED) is 0.859. The van der Waals surface area contributed by atoms with Gasteiger partial charge in [0.1, 0.15) is 5.75 Å². The predicted molar refractivity (Wildman–Crippen MR) is 104 cm³/mol. The van der Waals surface area contributed by atoms with E-state index in [0.717, 1.165) is 54.6 Å². The minimum Gasteiger partial charge on any atom is -0.494 e. The summed E-state index contributed by atoms with van der Waals surface area (Å²) in [6.07, 6.45) is 1.98. The molecular formula is C21H22N2O3. The molecule has 0 aliphatic carbocycles. The Bertz CT molecular complexity index is 854. The fraction of sp³-hybridized carbons (Fsp3) is 0.286. The molecule has 2 aromatic carbocycles. The number of benzene rings is 2. The average molecular weight is 350 g/mol. The van der Waals surface area contributed by atoms with Gasteiger partial charge in [-0.25, -0.2) is 0 Å². The lowest BCUT2D eigenvalue weighted by Gasteiger charge is -2.30. The first kappa shape index (κ1) is 16.7. The van der Waals surface area contributed by atoms with Crippen molar-refractivity contribution in [3.05, 3.63) is 53.6 Å². The summed E-state index contributed by atoms with van der Waals surface area (Å²) in [5, 5.41) is 2.94. The van der Waals surface area contributed by atoms with Crippen molar-refractivity contribution in [2.24, 2.45) is 0 Å². The van der Waals surface area contributed by atoms with Crippen LogP contribution in [0.5, 0.6) is 5.75 Å². The molecule has 1 fully saturated rings. The highest BCUT2D eigenvalue weighted by Gasteiger charge is 2.25. The van der Waals surface area contributed by atoms with Gasteiger partial charge in [-0.15, -0.1) is 0 Å². The first-order valence-electron chi connectivity index (χ1n) is 8.98. The fourth-order valence-corrected chi connectivity index (χ4v) is 3.43. The van der Waals surface area contributed by atoms with Crippen LogP contribution in [0.4, 0.5) is 11.4 Å². The van der Waals surface area contributed by atoms with Gasteiger partial charge in [0.25, 0.3) is 5.91 Å². The van der Waals surface area contributed by atoms with Crippen LogP contribution >= 0.6 is 0 Å². The van der Waals surface area contributed by atoms with Gasteiger partial charge >= 0.3 is 0 Å². The molecule has 26 heavy (non-hydrogen) atoms. The first-order chi connectivity index (χ1) is 12.8. The molecule has 0 bridgehead atoms. The predicted octanol–water partition coefficient (Wildman–Crippen LogP) is 3.41. The standard InChI is InChI=1S/C21H22N2O3/c1-2-26-16-7-8-17-18(21(24)22-19(17)14-16)13-15-5-3-4-6-20(15)23-9-11-25-12-10-23/h3-8,13-14H,2,9-12H2,1H3,(H,22,24). The number of fused-ring (bicyclic) bond motifs is 1. The number of morpholine rings is 1. The van der Waals surface area contributed by atoms with Crippen molar-refractivity contribution < 1.29 is 14.3 Å².